The monoisotopic (exact) mass is 343 g/mol. The van der Waals surface area contributed by atoms with Crippen LogP contribution in [-0.2, 0) is 4.79 Å². The number of fused-ring (bicyclic) bond motifs is 2. The van der Waals surface area contributed by atoms with Crippen molar-refractivity contribution < 1.29 is 9.59 Å². The summed E-state index contributed by atoms with van der Waals surface area (Å²) in [7, 11) is 0. The molecule has 0 spiro atoms. The zero-order chi connectivity index (χ0) is 17.1. The van der Waals surface area contributed by atoms with E-state index >= 15 is 0 Å². The highest BCUT2D eigenvalue weighted by Crippen LogP contribution is 2.39. The van der Waals surface area contributed by atoms with E-state index in [1.165, 1.54) is 0 Å². The van der Waals surface area contributed by atoms with Gasteiger partial charge in [0.1, 0.15) is 0 Å². The molecular weight excluding hydrogens is 326 g/mol. The molecule has 1 aliphatic heterocycles. The van der Waals surface area contributed by atoms with E-state index in [4.69, 9.17) is 11.6 Å². The number of carbonyl (C=O) groups excluding carboxylic acids is 2. The first kappa shape index (κ1) is 16.5. The molecule has 0 radical (unpaired) electrons. The maximum absolute atomic E-state index is 12.9. The van der Waals surface area contributed by atoms with Crippen LogP contribution in [-0.4, -0.2) is 24.9 Å². The van der Waals surface area contributed by atoms with Crippen LogP contribution in [0.25, 0.3) is 0 Å². The van der Waals surface area contributed by atoms with Gasteiger partial charge in [-0.25, -0.2) is 0 Å². The number of anilines is 3. The number of nitrogens with one attached hydrogen (secondary N) is 2. The molecular formula is C18H18ClN3O2. The van der Waals surface area contributed by atoms with Crippen LogP contribution in [0.1, 0.15) is 23.7 Å². The molecule has 1 heterocycles. The van der Waals surface area contributed by atoms with Gasteiger partial charge in [-0.2, -0.15) is 0 Å². The fraction of sp³-hybridized carbons (Fsp3) is 0.222. The van der Waals surface area contributed by atoms with E-state index in [-0.39, 0.29) is 11.8 Å². The van der Waals surface area contributed by atoms with Gasteiger partial charge in [0.05, 0.1) is 22.6 Å². The SMILES string of the molecule is CCNCCC(=O)N1c2ccc(Cl)cc2NC(=O)c2ccccc21. The van der Waals surface area contributed by atoms with Crippen LogP contribution in [0.3, 0.4) is 0 Å². The molecule has 0 atom stereocenters. The Labute approximate surface area is 145 Å². The molecule has 5 nitrogen and oxygen atoms in total. The fourth-order valence-corrected chi connectivity index (χ4v) is 2.91. The van der Waals surface area contributed by atoms with Crippen LogP contribution in [0, 0.1) is 0 Å². The van der Waals surface area contributed by atoms with E-state index in [0.717, 1.165) is 6.54 Å². The molecule has 0 saturated carbocycles. The molecule has 2 aromatic rings. The van der Waals surface area contributed by atoms with Gasteiger partial charge in [-0.3, -0.25) is 14.5 Å². The maximum Gasteiger partial charge on any atom is 0.257 e. The number of nitrogens with zero attached hydrogens (tertiary/aromatic N) is 1. The first-order chi connectivity index (χ1) is 11.6. The Kier molecular flexibility index (Phi) is 4.83. The van der Waals surface area contributed by atoms with Crippen LogP contribution in [0.4, 0.5) is 17.1 Å². The molecule has 2 N–H and O–H groups in total. The predicted molar refractivity (Wildman–Crippen MR) is 96.2 cm³/mol. The molecule has 0 saturated heterocycles. The minimum absolute atomic E-state index is 0.0801. The smallest absolute Gasteiger partial charge is 0.257 e. The number of amides is 2. The minimum atomic E-state index is -0.254. The van der Waals surface area contributed by atoms with Crippen molar-refractivity contribution in [3.05, 3.63) is 53.1 Å². The lowest BCUT2D eigenvalue weighted by atomic mass is 10.1. The summed E-state index contributed by atoms with van der Waals surface area (Å²) in [5.41, 5.74) is 2.19. The van der Waals surface area contributed by atoms with E-state index in [1.807, 2.05) is 13.0 Å². The van der Waals surface area contributed by atoms with E-state index in [2.05, 4.69) is 10.6 Å². The van der Waals surface area contributed by atoms with Crippen LogP contribution in [0.15, 0.2) is 42.5 Å². The molecule has 2 aromatic carbocycles. The summed E-state index contributed by atoms with van der Waals surface area (Å²) in [5, 5.41) is 6.49. The zero-order valence-electron chi connectivity index (χ0n) is 13.3. The lowest BCUT2D eigenvalue weighted by molar-refractivity contribution is -0.117. The molecule has 0 bridgehead atoms. The Bertz CT molecular complexity index is 792. The van der Waals surface area contributed by atoms with Gasteiger partial charge in [0.2, 0.25) is 5.91 Å². The number of hydrogen-bond donors (Lipinski definition) is 2. The second kappa shape index (κ2) is 7.03. The highest BCUT2D eigenvalue weighted by atomic mass is 35.5. The molecule has 124 valence electrons. The van der Waals surface area contributed by atoms with Crippen molar-refractivity contribution in [1.29, 1.82) is 0 Å². The first-order valence-corrected chi connectivity index (χ1v) is 8.23. The normalized spacial score (nSPS) is 12.9. The summed E-state index contributed by atoms with van der Waals surface area (Å²) in [6, 6.07) is 12.2. The summed E-state index contributed by atoms with van der Waals surface area (Å²) in [6.07, 6.45) is 0.332. The van der Waals surface area contributed by atoms with Crippen LogP contribution in [0.5, 0.6) is 0 Å². The van der Waals surface area contributed by atoms with E-state index in [9.17, 15) is 9.59 Å². The van der Waals surface area contributed by atoms with Crippen molar-refractivity contribution in [3.8, 4) is 0 Å². The Morgan fingerprint density at radius 1 is 1.21 bits per heavy atom. The number of carbonyl (C=O) groups is 2. The van der Waals surface area contributed by atoms with Gasteiger partial charge in [-0.15, -0.1) is 0 Å². The number of para-hydroxylation sites is 1. The van der Waals surface area contributed by atoms with Crippen molar-refractivity contribution in [1.82, 2.24) is 5.32 Å². The Hall–Kier alpha value is -2.37. The molecule has 0 unspecified atom stereocenters. The number of rotatable bonds is 4. The van der Waals surface area contributed by atoms with Gasteiger partial charge >= 0.3 is 0 Å². The summed E-state index contributed by atoms with van der Waals surface area (Å²) < 4.78 is 0. The van der Waals surface area contributed by atoms with E-state index < -0.39 is 0 Å². The van der Waals surface area contributed by atoms with Crippen molar-refractivity contribution in [2.45, 2.75) is 13.3 Å². The Morgan fingerprint density at radius 2 is 2.00 bits per heavy atom. The first-order valence-electron chi connectivity index (χ1n) is 7.85. The second-order valence-corrected chi connectivity index (χ2v) is 5.90. The molecule has 3 rings (SSSR count). The summed E-state index contributed by atoms with van der Waals surface area (Å²) in [5.74, 6) is -0.334. The largest absolute Gasteiger partial charge is 0.320 e. The van der Waals surface area contributed by atoms with Gasteiger partial charge in [0, 0.05) is 18.0 Å². The second-order valence-electron chi connectivity index (χ2n) is 5.47. The Morgan fingerprint density at radius 3 is 2.79 bits per heavy atom. The van der Waals surface area contributed by atoms with Gasteiger partial charge in [0.25, 0.3) is 5.91 Å². The van der Waals surface area contributed by atoms with Crippen molar-refractivity contribution >= 4 is 40.5 Å². The highest BCUT2D eigenvalue weighted by molar-refractivity contribution is 6.31. The van der Waals surface area contributed by atoms with Gasteiger partial charge < -0.3 is 10.6 Å². The van der Waals surface area contributed by atoms with Crippen molar-refractivity contribution in [2.75, 3.05) is 23.3 Å². The third-order valence-corrected chi connectivity index (χ3v) is 4.09. The average molecular weight is 344 g/mol. The number of hydrogen-bond acceptors (Lipinski definition) is 3. The maximum atomic E-state index is 12.9. The van der Waals surface area contributed by atoms with Gasteiger partial charge in [-0.1, -0.05) is 30.7 Å². The molecule has 1 aliphatic rings. The molecule has 2 amide bonds. The fourth-order valence-electron chi connectivity index (χ4n) is 2.74. The molecule has 0 aromatic heterocycles. The molecule has 0 fully saturated rings. The van der Waals surface area contributed by atoms with Crippen molar-refractivity contribution in [2.24, 2.45) is 0 Å². The Balaban J connectivity index is 2.09. The quantitative estimate of drug-likeness (QED) is 0.834. The lowest BCUT2D eigenvalue weighted by Crippen LogP contribution is -2.29. The topological polar surface area (TPSA) is 61.4 Å². The number of halogens is 1. The number of benzene rings is 2. The van der Waals surface area contributed by atoms with Crippen LogP contribution < -0.4 is 15.5 Å². The average Bonchev–Trinajstić information content (AvgIpc) is 2.69. The van der Waals surface area contributed by atoms with Crippen molar-refractivity contribution in [3.63, 3.8) is 0 Å². The van der Waals surface area contributed by atoms with E-state index in [0.29, 0.717) is 40.6 Å². The predicted octanol–water partition coefficient (Wildman–Crippen LogP) is 3.57. The molecule has 0 aliphatic carbocycles. The highest BCUT2D eigenvalue weighted by Gasteiger charge is 2.28. The third kappa shape index (κ3) is 3.13. The van der Waals surface area contributed by atoms with Crippen LogP contribution >= 0.6 is 11.6 Å². The third-order valence-electron chi connectivity index (χ3n) is 3.85. The minimum Gasteiger partial charge on any atom is -0.320 e. The summed E-state index contributed by atoms with van der Waals surface area (Å²) >= 11 is 6.05. The molecule has 24 heavy (non-hydrogen) atoms. The molecule has 6 heteroatoms. The summed E-state index contributed by atoms with van der Waals surface area (Å²) in [6.45, 7) is 3.38. The van der Waals surface area contributed by atoms with Gasteiger partial charge in [0.15, 0.2) is 0 Å². The van der Waals surface area contributed by atoms with Gasteiger partial charge in [-0.05, 0) is 36.9 Å². The lowest BCUT2D eigenvalue weighted by Gasteiger charge is -2.24. The summed E-state index contributed by atoms with van der Waals surface area (Å²) in [4.78, 5) is 27.0. The zero-order valence-corrected chi connectivity index (χ0v) is 14.1. The van der Waals surface area contributed by atoms with E-state index in [1.54, 1.807) is 41.3 Å². The standard InChI is InChI=1S/C18H18ClN3O2/c1-2-20-10-9-17(23)22-15-6-4-3-5-13(15)18(24)21-14-11-12(19)7-8-16(14)22/h3-8,11,20H,2,9-10H2,1H3,(H,21,24). The van der Waals surface area contributed by atoms with Crippen LogP contribution in [0.2, 0.25) is 5.02 Å².